The summed E-state index contributed by atoms with van der Waals surface area (Å²) >= 11 is 0. The van der Waals surface area contributed by atoms with E-state index in [2.05, 4.69) is 96.6 Å². The summed E-state index contributed by atoms with van der Waals surface area (Å²) in [5.41, 5.74) is 9.52. The van der Waals surface area contributed by atoms with E-state index < -0.39 is 36.5 Å². The molecule has 2 heterocycles. The van der Waals surface area contributed by atoms with Gasteiger partial charge in [0.05, 0.1) is 45.0 Å². The molecule has 0 aliphatic carbocycles. The number of hydrogen-bond acceptors (Lipinski definition) is 6. The largest absolute Gasteiger partial charge is 0.481 e. The van der Waals surface area contributed by atoms with Gasteiger partial charge in [0, 0.05) is 23.7 Å². The minimum absolute atomic E-state index is 0.0173. The van der Waals surface area contributed by atoms with Crippen molar-refractivity contribution in [3.05, 3.63) is 221 Å². The number of aromatic nitrogens is 1. The van der Waals surface area contributed by atoms with Crippen LogP contribution in [0.2, 0.25) is 0 Å². The fourth-order valence-electron chi connectivity index (χ4n) is 8.19. The average molecular weight is 828 g/mol. The van der Waals surface area contributed by atoms with E-state index in [9.17, 15) is 4.79 Å². The highest BCUT2D eigenvalue weighted by atomic mass is 16.6. The van der Waals surface area contributed by atoms with E-state index >= 15 is 0 Å². The van der Waals surface area contributed by atoms with Crippen molar-refractivity contribution in [1.82, 2.24) is 4.57 Å². The molecule has 316 valence electrons. The maximum Gasteiger partial charge on any atom is 0.307 e. The van der Waals surface area contributed by atoms with Gasteiger partial charge in [0.25, 0.3) is 0 Å². The van der Waals surface area contributed by atoms with Crippen molar-refractivity contribution in [1.29, 1.82) is 0 Å². The molecule has 7 aromatic rings. The number of aliphatic carboxylic acids is 1. The van der Waals surface area contributed by atoms with Gasteiger partial charge >= 0.3 is 5.97 Å². The molecule has 1 aliphatic rings. The van der Waals surface area contributed by atoms with Gasteiger partial charge in [0.1, 0.15) is 30.5 Å². The fourth-order valence-corrected chi connectivity index (χ4v) is 8.19. The Morgan fingerprint density at radius 1 is 0.613 bits per heavy atom. The van der Waals surface area contributed by atoms with Gasteiger partial charge in [0.2, 0.25) is 0 Å². The molecular weight excluding hydrogens is 775 g/mol. The van der Waals surface area contributed by atoms with E-state index in [4.69, 9.17) is 28.8 Å². The van der Waals surface area contributed by atoms with E-state index in [1.807, 2.05) is 91.0 Å². The summed E-state index contributed by atoms with van der Waals surface area (Å²) in [7, 11) is 0. The van der Waals surface area contributed by atoms with Crippen molar-refractivity contribution in [2.24, 2.45) is 0 Å². The van der Waals surface area contributed by atoms with Crippen LogP contribution in [0.1, 0.15) is 57.0 Å². The Bertz CT molecular complexity index is 2490. The van der Waals surface area contributed by atoms with Crippen molar-refractivity contribution in [2.75, 3.05) is 6.61 Å². The van der Waals surface area contributed by atoms with Gasteiger partial charge < -0.3 is 33.4 Å². The topological polar surface area (TPSA) is 88.4 Å². The minimum atomic E-state index is -0.853. The first-order valence-corrected chi connectivity index (χ1v) is 21.3. The molecular formula is C54H53NO7. The number of fused-ring (bicyclic) bond motifs is 1. The molecule has 8 heteroatoms. The van der Waals surface area contributed by atoms with Crippen molar-refractivity contribution < 1.29 is 33.6 Å². The van der Waals surface area contributed by atoms with Crippen molar-refractivity contribution in [3.63, 3.8) is 0 Å². The molecule has 0 radical (unpaired) electrons. The Balaban J connectivity index is 1.19. The summed E-state index contributed by atoms with van der Waals surface area (Å²) in [5.74, 6) is -0.853. The first-order chi connectivity index (χ1) is 30.5. The fraction of sp³-hybridized carbons (Fsp3) is 0.241. The summed E-state index contributed by atoms with van der Waals surface area (Å²) in [5, 5.41) is 10.2. The lowest BCUT2D eigenvalue weighted by Gasteiger charge is -2.46. The first kappa shape index (κ1) is 42.6. The summed E-state index contributed by atoms with van der Waals surface area (Å²) in [6, 6.07) is 55.4. The molecule has 6 aromatic carbocycles. The van der Waals surface area contributed by atoms with Gasteiger partial charge in [-0.05, 0) is 45.9 Å². The molecule has 8 rings (SSSR count). The highest BCUT2D eigenvalue weighted by Gasteiger charge is 2.49. The van der Waals surface area contributed by atoms with Crippen LogP contribution >= 0.6 is 0 Å². The van der Waals surface area contributed by atoms with Gasteiger partial charge in [-0.15, -0.1) is 0 Å². The average Bonchev–Trinajstić information content (AvgIpc) is 3.67. The molecule has 1 saturated heterocycles. The van der Waals surface area contributed by atoms with Crippen LogP contribution in [0, 0.1) is 6.92 Å². The molecule has 0 spiro atoms. The highest BCUT2D eigenvalue weighted by Crippen LogP contribution is 2.42. The summed E-state index contributed by atoms with van der Waals surface area (Å²) in [6.45, 7) is 4.51. The van der Waals surface area contributed by atoms with Crippen LogP contribution in [0.15, 0.2) is 176 Å². The van der Waals surface area contributed by atoms with Gasteiger partial charge in [-0.2, -0.15) is 0 Å². The predicted molar refractivity (Wildman–Crippen MR) is 242 cm³/mol. The Hall–Kier alpha value is -6.13. The lowest BCUT2D eigenvalue weighted by atomic mass is 9.90. The Morgan fingerprint density at radius 2 is 1.15 bits per heavy atom. The molecule has 5 atom stereocenters. The maximum atomic E-state index is 11.1. The number of nitrogens with zero attached hydrogens (tertiary/aromatic N) is 1. The third-order valence-corrected chi connectivity index (χ3v) is 11.3. The van der Waals surface area contributed by atoms with Crippen LogP contribution in [0.25, 0.3) is 17.0 Å². The van der Waals surface area contributed by atoms with Crippen LogP contribution in [0.4, 0.5) is 0 Å². The number of aryl methyl sites for hydroxylation is 1. The number of para-hydroxylation sites is 1. The summed E-state index contributed by atoms with van der Waals surface area (Å²) in [6.07, 6.45) is 2.93. The molecule has 1 N–H and O–H groups in total. The third kappa shape index (κ3) is 11.0. The summed E-state index contributed by atoms with van der Waals surface area (Å²) in [4.78, 5) is 11.1. The number of ether oxygens (including phenoxy) is 5. The van der Waals surface area contributed by atoms with E-state index in [1.165, 1.54) is 0 Å². The van der Waals surface area contributed by atoms with Crippen molar-refractivity contribution >= 4 is 22.9 Å². The van der Waals surface area contributed by atoms with Crippen molar-refractivity contribution in [2.45, 2.75) is 76.8 Å². The van der Waals surface area contributed by atoms with Crippen LogP contribution in [0.5, 0.6) is 0 Å². The molecule has 1 aliphatic heterocycles. The van der Waals surface area contributed by atoms with E-state index in [-0.39, 0.29) is 13.0 Å². The smallest absolute Gasteiger partial charge is 0.307 e. The molecule has 62 heavy (non-hydrogen) atoms. The van der Waals surface area contributed by atoms with Gasteiger partial charge in [-0.3, -0.25) is 4.79 Å². The van der Waals surface area contributed by atoms with Gasteiger partial charge in [-0.1, -0.05) is 176 Å². The zero-order valence-corrected chi connectivity index (χ0v) is 35.0. The zero-order valence-electron chi connectivity index (χ0n) is 35.0. The standard InChI is InChI=1S/C54H53NO7/c1-39-16-14-26-46-47(33-55(50(39)46)32-41-30-28-40(29-31-41)25-15-27-49(56)57)51-53(60-36-44-21-10-4-11-22-44)54(61-37-45-23-12-5-13-24-45)52(59-35-43-19-8-3-9-20-43)48(62-51)38-58-34-42-17-6-2-7-18-42/h2-26,28-31,33,48,51-54H,27,32,34-38H2,1H3,(H,56,57)/b25-15+/t48-,51+,52-,53+,54+/m1/s1. The Kier molecular flexibility index (Phi) is 14.5. The van der Waals surface area contributed by atoms with Crippen LogP contribution in [-0.2, 0) is 61.5 Å². The number of hydrogen-bond donors (Lipinski definition) is 1. The van der Waals surface area contributed by atoms with Crippen LogP contribution in [-0.4, -0.2) is 46.7 Å². The second-order valence-electron chi connectivity index (χ2n) is 15.8. The van der Waals surface area contributed by atoms with E-state index in [0.29, 0.717) is 33.0 Å². The second kappa shape index (κ2) is 21.1. The van der Waals surface area contributed by atoms with E-state index in [1.54, 1.807) is 6.08 Å². The van der Waals surface area contributed by atoms with Gasteiger partial charge in [-0.25, -0.2) is 0 Å². The zero-order chi connectivity index (χ0) is 42.5. The summed E-state index contributed by atoms with van der Waals surface area (Å²) < 4.78 is 37.3. The van der Waals surface area contributed by atoms with Crippen LogP contribution in [0.3, 0.4) is 0 Å². The molecule has 1 aromatic heterocycles. The SMILES string of the molecule is Cc1cccc2c([C@@H]3O[C@H](COCc4ccccc4)[C@@H](OCc4ccccc4)[C@H](OCc4ccccc4)[C@H]3OCc3ccccc3)cn(Cc3ccc(/C=C/CC(=O)O)cc3)c12. The molecule has 0 bridgehead atoms. The molecule has 0 unspecified atom stereocenters. The molecule has 0 saturated carbocycles. The number of rotatable bonds is 19. The minimum Gasteiger partial charge on any atom is -0.481 e. The lowest BCUT2D eigenvalue weighted by Crippen LogP contribution is -2.58. The predicted octanol–water partition coefficient (Wildman–Crippen LogP) is 10.9. The Labute approximate surface area is 363 Å². The number of carboxylic acids is 1. The second-order valence-corrected chi connectivity index (χ2v) is 15.8. The highest BCUT2D eigenvalue weighted by molar-refractivity contribution is 5.87. The van der Waals surface area contributed by atoms with Crippen LogP contribution < -0.4 is 0 Å². The lowest BCUT2D eigenvalue weighted by molar-refractivity contribution is -0.274. The monoisotopic (exact) mass is 827 g/mol. The normalized spacial score (nSPS) is 19.0. The maximum absolute atomic E-state index is 11.1. The number of benzene rings is 6. The molecule has 8 nitrogen and oxygen atoms in total. The quantitative estimate of drug-likeness (QED) is 0.0868. The molecule has 1 fully saturated rings. The van der Waals surface area contributed by atoms with Crippen molar-refractivity contribution in [3.8, 4) is 0 Å². The number of carboxylic acid groups (broad SMARTS) is 1. The third-order valence-electron chi connectivity index (χ3n) is 11.3. The number of carbonyl (C=O) groups is 1. The van der Waals surface area contributed by atoms with E-state index in [0.717, 1.165) is 55.4 Å². The Morgan fingerprint density at radius 3 is 1.71 bits per heavy atom. The van der Waals surface area contributed by atoms with Gasteiger partial charge in [0.15, 0.2) is 0 Å². The first-order valence-electron chi connectivity index (χ1n) is 21.3. The molecule has 0 amide bonds.